The molecule has 2 nitrogen and oxygen atoms in total. The van der Waals surface area contributed by atoms with Crippen molar-refractivity contribution in [3.8, 4) is 11.5 Å². The monoisotopic (exact) mass is 316 g/mol. The molecule has 0 saturated heterocycles. The predicted octanol–water partition coefficient (Wildman–Crippen LogP) is 5.71. The summed E-state index contributed by atoms with van der Waals surface area (Å²) in [6, 6.07) is 4.32. The lowest BCUT2D eigenvalue weighted by Gasteiger charge is -2.30. The summed E-state index contributed by atoms with van der Waals surface area (Å²) in [5, 5.41) is 0. The Bertz CT molecular complexity index is 544. The molecule has 1 aromatic rings. The second kappa shape index (κ2) is 6.98. The van der Waals surface area contributed by atoms with Crippen molar-refractivity contribution in [2.75, 3.05) is 13.7 Å². The van der Waals surface area contributed by atoms with Crippen LogP contribution in [0.4, 0.5) is 0 Å². The van der Waals surface area contributed by atoms with E-state index in [1.165, 1.54) is 24.0 Å². The maximum atomic E-state index is 6.18. The zero-order valence-corrected chi connectivity index (χ0v) is 15.6. The molecule has 1 saturated carbocycles. The van der Waals surface area contributed by atoms with Crippen LogP contribution in [-0.4, -0.2) is 13.7 Å². The van der Waals surface area contributed by atoms with Gasteiger partial charge in [-0.25, -0.2) is 0 Å². The Kier molecular flexibility index (Phi) is 5.44. The molecule has 0 aromatic heterocycles. The van der Waals surface area contributed by atoms with Crippen molar-refractivity contribution in [3.63, 3.8) is 0 Å². The number of benzene rings is 1. The zero-order chi connectivity index (χ0) is 17.2. The van der Waals surface area contributed by atoms with E-state index in [2.05, 4.69) is 53.3 Å². The summed E-state index contributed by atoms with van der Waals surface area (Å²) in [4.78, 5) is 0. The molecule has 0 bridgehead atoms. The molecule has 1 aliphatic rings. The van der Waals surface area contributed by atoms with Gasteiger partial charge in [-0.3, -0.25) is 0 Å². The highest BCUT2D eigenvalue weighted by atomic mass is 16.5. The molecule has 2 atom stereocenters. The van der Waals surface area contributed by atoms with Gasteiger partial charge in [-0.05, 0) is 48.1 Å². The summed E-state index contributed by atoms with van der Waals surface area (Å²) < 4.78 is 11.8. The Morgan fingerprint density at radius 1 is 1.17 bits per heavy atom. The average Bonchev–Trinajstić information content (AvgIpc) is 2.82. The van der Waals surface area contributed by atoms with E-state index < -0.39 is 0 Å². The fourth-order valence-electron chi connectivity index (χ4n) is 3.91. The Morgan fingerprint density at radius 2 is 1.78 bits per heavy atom. The summed E-state index contributed by atoms with van der Waals surface area (Å²) in [6.07, 6.45) is 4.39. The second-order valence-corrected chi connectivity index (χ2v) is 8.00. The smallest absolute Gasteiger partial charge is 0.127 e. The number of ether oxygens (including phenoxy) is 2. The quantitative estimate of drug-likeness (QED) is 0.648. The highest BCUT2D eigenvalue weighted by Gasteiger charge is 2.35. The molecule has 0 heterocycles. The van der Waals surface area contributed by atoms with Gasteiger partial charge in [0.2, 0.25) is 0 Å². The first-order chi connectivity index (χ1) is 10.8. The van der Waals surface area contributed by atoms with Crippen LogP contribution in [0.25, 0.3) is 0 Å². The summed E-state index contributed by atoms with van der Waals surface area (Å²) >= 11 is 0. The molecule has 0 aliphatic heterocycles. The molecule has 0 radical (unpaired) electrons. The van der Waals surface area contributed by atoms with Gasteiger partial charge >= 0.3 is 0 Å². The predicted molar refractivity (Wildman–Crippen MR) is 97.7 cm³/mol. The van der Waals surface area contributed by atoms with Gasteiger partial charge in [0.1, 0.15) is 18.1 Å². The van der Waals surface area contributed by atoms with Crippen molar-refractivity contribution >= 4 is 0 Å². The summed E-state index contributed by atoms with van der Waals surface area (Å²) in [6.45, 7) is 15.8. The molecule has 0 spiro atoms. The number of methoxy groups -OCH3 is 1. The number of hydrogen-bond donors (Lipinski definition) is 0. The molecule has 128 valence electrons. The minimum Gasteiger partial charge on any atom is -0.497 e. The second-order valence-electron chi connectivity index (χ2n) is 8.00. The third kappa shape index (κ3) is 3.73. The van der Waals surface area contributed by atoms with Crippen LogP contribution in [-0.2, 0) is 5.41 Å². The van der Waals surface area contributed by atoms with Crippen molar-refractivity contribution in [1.82, 2.24) is 0 Å². The number of hydrogen-bond acceptors (Lipinski definition) is 2. The minimum atomic E-state index is 0.00484. The lowest BCUT2D eigenvalue weighted by molar-refractivity contribution is 0.331. The molecule has 23 heavy (non-hydrogen) atoms. The first-order valence-corrected chi connectivity index (χ1v) is 8.75. The highest BCUT2D eigenvalue weighted by molar-refractivity contribution is 5.52. The van der Waals surface area contributed by atoms with Crippen molar-refractivity contribution < 1.29 is 9.47 Å². The SMILES string of the molecule is C=CCOc1c(C2C(C)CCC2C)cc(OC)cc1C(C)(C)C. The topological polar surface area (TPSA) is 18.5 Å². The van der Waals surface area contributed by atoms with Crippen LogP contribution in [0.15, 0.2) is 24.8 Å². The van der Waals surface area contributed by atoms with Crippen molar-refractivity contribution in [2.45, 2.75) is 58.8 Å². The van der Waals surface area contributed by atoms with Crippen LogP contribution in [0.3, 0.4) is 0 Å². The number of rotatable bonds is 5. The van der Waals surface area contributed by atoms with Crippen LogP contribution >= 0.6 is 0 Å². The van der Waals surface area contributed by atoms with E-state index in [0.29, 0.717) is 24.4 Å². The summed E-state index contributed by atoms with van der Waals surface area (Å²) in [5.74, 6) is 3.86. The van der Waals surface area contributed by atoms with Crippen LogP contribution in [0.1, 0.15) is 64.5 Å². The Labute approximate surface area is 141 Å². The van der Waals surface area contributed by atoms with E-state index in [0.717, 1.165) is 11.5 Å². The van der Waals surface area contributed by atoms with Crippen LogP contribution in [0.2, 0.25) is 0 Å². The van der Waals surface area contributed by atoms with Gasteiger partial charge in [0.05, 0.1) is 7.11 Å². The fraction of sp³-hybridized carbons (Fsp3) is 0.619. The van der Waals surface area contributed by atoms with Gasteiger partial charge in [-0.1, -0.05) is 47.3 Å². The van der Waals surface area contributed by atoms with Crippen LogP contribution < -0.4 is 9.47 Å². The Hall–Kier alpha value is -1.44. The first-order valence-electron chi connectivity index (χ1n) is 8.75. The van der Waals surface area contributed by atoms with Gasteiger partial charge in [0, 0.05) is 11.1 Å². The lowest BCUT2D eigenvalue weighted by Crippen LogP contribution is -2.18. The van der Waals surface area contributed by atoms with Crippen molar-refractivity contribution in [1.29, 1.82) is 0 Å². The zero-order valence-electron chi connectivity index (χ0n) is 15.6. The lowest BCUT2D eigenvalue weighted by atomic mass is 9.79. The van der Waals surface area contributed by atoms with Crippen LogP contribution in [0.5, 0.6) is 11.5 Å². The van der Waals surface area contributed by atoms with Gasteiger partial charge in [0.25, 0.3) is 0 Å². The van der Waals surface area contributed by atoms with E-state index >= 15 is 0 Å². The maximum Gasteiger partial charge on any atom is 0.127 e. The van der Waals surface area contributed by atoms with Gasteiger partial charge in [0.15, 0.2) is 0 Å². The molecule has 2 rings (SSSR count). The maximum absolute atomic E-state index is 6.18. The van der Waals surface area contributed by atoms with E-state index in [1.807, 2.05) is 6.08 Å². The van der Waals surface area contributed by atoms with Gasteiger partial charge in [-0.15, -0.1) is 0 Å². The van der Waals surface area contributed by atoms with Crippen molar-refractivity contribution in [2.24, 2.45) is 11.8 Å². The fourth-order valence-corrected chi connectivity index (χ4v) is 3.91. The summed E-state index contributed by atoms with van der Waals surface area (Å²) in [7, 11) is 1.75. The summed E-state index contributed by atoms with van der Waals surface area (Å²) in [5.41, 5.74) is 2.54. The average molecular weight is 316 g/mol. The molecule has 2 unspecified atom stereocenters. The first kappa shape index (κ1) is 17.9. The van der Waals surface area contributed by atoms with E-state index in [4.69, 9.17) is 9.47 Å². The molecular formula is C21H32O2. The normalized spacial score (nSPS) is 24.5. The highest BCUT2D eigenvalue weighted by Crippen LogP contribution is 2.50. The third-order valence-corrected chi connectivity index (χ3v) is 5.14. The van der Waals surface area contributed by atoms with Crippen LogP contribution in [0, 0.1) is 11.8 Å². The molecular weight excluding hydrogens is 284 g/mol. The molecule has 1 aromatic carbocycles. The molecule has 0 amide bonds. The molecule has 1 fully saturated rings. The van der Waals surface area contributed by atoms with Gasteiger partial charge < -0.3 is 9.47 Å². The minimum absolute atomic E-state index is 0.00484. The van der Waals surface area contributed by atoms with E-state index in [9.17, 15) is 0 Å². The van der Waals surface area contributed by atoms with Crippen molar-refractivity contribution in [3.05, 3.63) is 35.9 Å². The standard InChI is InChI=1S/C21H32O2/c1-8-11-23-20-17(19-14(2)9-10-15(19)3)12-16(22-7)13-18(20)21(4,5)6/h8,12-15,19H,1,9-11H2,2-7H3. The van der Waals surface area contributed by atoms with Gasteiger partial charge in [-0.2, -0.15) is 0 Å². The molecule has 0 N–H and O–H groups in total. The Balaban J connectivity index is 2.63. The van der Waals surface area contributed by atoms with E-state index in [-0.39, 0.29) is 5.41 Å². The van der Waals surface area contributed by atoms with E-state index in [1.54, 1.807) is 7.11 Å². The molecule has 2 heteroatoms. The Morgan fingerprint density at radius 3 is 2.26 bits per heavy atom. The third-order valence-electron chi connectivity index (χ3n) is 5.14. The molecule has 1 aliphatic carbocycles. The largest absolute Gasteiger partial charge is 0.497 e.